The Morgan fingerprint density at radius 3 is 2.90 bits per heavy atom. The predicted molar refractivity (Wildman–Crippen MR) is 80.1 cm³/mol. The van der Waals surface area contributed by atoms with Crippen molar-refractivity contribution in [2.75, 3.05) is 0 Å². The Labute approximate surface area is 124 Å². The van der Waals surface area contributed by atoms with Gasteiger partial charge in [-0.1, -0.05) is 24.6 Å². The fourth-order valence-corrected chi connectivity index (χ4v) is 3.26. The summed E-state index contributed by atoms with van der Waals surface area (Å²) in [5, 5.41) is 3.22. The van der Waals surface area contributed by atoms with Gasteiger partial charge in [0.05, 0.1) is 6.04 Å². The molecule has 1 atom stereocenters. The van der Waals surface area contributed by atoms with Crippen LogP contribution in [0.5, 0.6) is 0 Å². The number of imidazole rings is 1. The van der Waals surface area contributed by atoms with Crippen molar-refractivity contribution in [2.45, 2.75) is 38.1 Å². The molecule has 1 amide bonds. The van der Waals surface area contributed by atoms with Gasteiger partial charge in [-0.15, -0.1) is 0 Å². The highest BCUT2D eigenvalue weighted by Crippen LogP contribution is 2.31. The molecule has 1 saturated carbocycles. The first-order valence-corrected chi connectivity index (χ1v) is 7.75. The summed E-state index contributed by atoms with van der Waals surface area (Å²) < 4.78 is 2.12. The van der Waals surface area contributed by atoms with Crippen molar-refractivity contribution in [2.24, 2.45) is 5.92 Å². The topological polar surface area (TPSA) is 46.9 Å². The van der Waals surface area contributed by atoms with Gasteiger partial charge in [0.1, 0.15) is 5.82 Å². The van der Waals surface area contributed by atoms with Crippen LogP contribution in [0.25, 0.3) is 5.69 Å². The number of nitrogens with one attached hydrogen (secondary N) is 1. The minimum atomic E-state index is 0.0144. The molecule has 21 heavy (non-hydrogen) atoms. The number of hydrogen-bond donors (Lipinski definition) is 1. The van der Waals surface area contributed by atoms with E-state index in [1.165, 1.54) is 17.7 Å². The minimum Gasteiger partial charge on any atom is -0.346 e. The molecule has 2 heterocycles. The predicted octanol–water partition coefficient (Wildman–Crippen LogP) is 2.78. The molecule has 1 aromatic heterocycles. The lowest BCUT2D eigenvalue weighted by Gasteiger charge is -2.26. The number of fused-ring (bicyclic) bond motifs is 3. The Kier molecular flexibility index (Phi) is 3.02. The third-order valence-corrected chi connectivity index (χ3v) is 4.73. The summed E-state index contributed by atoms with van der Waals surface area (Å²) in [7, 11) is 0. The number of carbonyl (C=O) groups is 1. The van der Waals surface area contributed by atoms with Crippen molar-refractivity contribution in [1.82, 2.24) is 14.9 Å². The monoisotopic (exact) mass is 281 g/mol. The molecule has 0 saturated heterocycles. The number of carbonyl (C=O) groups excluding carboxylic acids is 1. The van der Waals surface area contributed by atoms with Gasteiger partial charge in [-0.05, 0) is 37.3 Å². The van der Waals surface area contributed by atoms with Gasteiger partial charge >= 0.3 is 0 Å². The molecule has 2 aliphatic rings. The van der Waals surface area contributed by atoms with Crippen molar-refractivity contribution in [3.8, 4) is 5.69 Å². The van der Waals surface area contributed by atoms with Crippen LogP contribution in [-0.4, -0.2) is 15.5 Å². The molecule has 1 aliphatic heterocycles. The smallest absolute Gasteiger partial charge is 0.223 e. The van der Waals surface area contributed by atoms with Gasteiger partial charge in [0.25, 0.3) is 0 Å². The van der Waals surface area contributed by atoms with Gasteiger partial charge in [-0.3, -0.25) is 4.79 Å². The molecule has 0 spiro atoms. The van der Waals surface area contributed by atoms with Gasteiger partial charge < -0.3 is 9.88 Å². The zero-order chi connectivity index (χ0) is 14.2. The van der Waals surface area contributed by atoms with Crippen LogP contribution in [0, 0.1) is 5.92 Å². The summed E-state index contributed by atoms with van der Waals surface area (Å²) in [6.45, 7) is 0. The van der Waals surface area contributed by atoms with Crippen molar-refractivity contribution in [3.05, 3.63) is 48.0 Å². The van der Waals surface area contributed by atoms with Gasteiger partial charge in [0, 0.05) is 24.0 Å². The maximum absolute atomic E-state index is 12.3. The molecule has 1 aromatic carbocycles. The number of nitrogens with zero attached hydrogens (tertiary/aromatic N) is 2. The molecule has 4 rings (SSSR count). The summed E-state index contributed by atoms with van der Waals surface area (Å²) in [4.78, 5) is 16.8. The average Bonchev–Trinajstić information content (AvgIpc) is 2.86. The lowest BCUT2D eigenvalue weighted by molar-refractivity contribution is -0.128. The maximum atomic E-state index is 12.3. The number of amides is 1. The fourth-order valence-electron chi connectivity index (χ4n) is 3.26. The third kappa shape index (κ3) is 2.15. The lowest BCUT2D eigenvalue weighted by atomic mass is 9.84. The van der Waals surface area contributed by atoms with Crippen molar-refractivity contribution in [1.29, 1.82) is 0 Å². The van der Waals surface area contributed by atoms with E-state index in [1.807, 2.05) is 12.4 Å². The van der Waals surface area contributed by atoms with Gasteiger partial charge in [-0.2, -0.15) is 0 Å². The molecule has 108 valence electrons. The van der Waals surface area contributed by atoms with Crippen LogP contribution in [0.3, 0.4) is 0 Å². The Hall–Kier alpha value is -2.10. The summed E-state index contributed by atoms with van der Waals surface area (Å²) in [5.74, 6) is 1.37. The summed E-state index contributed by atoms with van der Waals surface area (Å²) >= 11 is 0. The second kappa shape index (κ2) is 5.02. The molecule has 1 aliphatic carbocycles. The summed E-state index contributed by atoms with van der Waals surface area (Å²) in [5.41, 5.74) is 2.50. The first kappa shape index (κ1) is 12.6. The Balaban J connectivity index is 1.65. The van der Waals surface area contributed by atoms with E-state index in [1.54, 1.807) is 0 Å². The summed E-state index contributed by atoms with van der Waals surface area (Å²) in [6.07, 6.45) is 8.94. The second-order valence-corrected chi connectivity index (χ2v) is 6.01. The highest BCUT2D eigenvalue weighted by molar-refractivity contribution is 5.79. The van der Waals surface area contributed by atoms with Crippen LogP contribution in [0.4, 0.5) is 0 Å². The number of rotatable bonds is 2. The van der Waals surface area contributed by atoms with E-state index in [4.69, 9.17) is 0 Å². The first-order chi connectivity index (χ1) is 10.3. The van der Waals surface area contributed by atoms with Crippen molar-refractivity contribution >= 4 is 5.91 Å². The summed E-state index contributed by atoms with van der Waals surface area (Å²) in [6, 6.07) is 8.42. The molecular weight excluding hydrogens is 262 g/mol. The first-order valence-electron chi connectivity index (χ1n) is 7.75. The number of aryl methyl sites for hydroxylation is 1. The molecular formula is C17H19N3O. The Morgan fingerprint density at radius 2 is 2.10 bits per heavy atom. The number of benzene rings is 1. The quantitative estimate of drug-likeness (QED) is 0.920. The molecule has 1 unspecified atom stereocenters. The van der Waals surface area contributed by atoms with E-state index in [2.05, 4.69) is 39.1 Å². The van der Waals surface area contributed by atoms with Crippen LogP contribution in [-0.2, 0) is 11.2 Å². The average molecular weight is 281 g/mol. The zero-order valence-electron chi connectivity index (χ0n) is 12.0. The van der Waals surface area contributed by atoms with Crippen LogP contribution < -0.4 is 5.32 Å². The molecule has 4 heteroatoms. The van der Waals surface area contributed by atoms with E-state index in [-0.39, 0.29) is 17.9 Å². The standard InChI is InChI=1S/C17H19N3O/c21-17(13-5-3-6-13)19-14-9-8-12-4-1-2-7-15(12)20-11-10-18-16(14)20/h1-2,4,7,10-11,13-14H,3,5-6,8-9H2,(H,19,21). The lowest BCUT2D eigenvalue weighted by Crippen LogP contribution is -2.37. The number of aromatic nitrogens is 2. The highest BCUT2D eigenvalue weighted by atomic mass is 16.2. The third-order valence-electron chi connectivity index (χ3n) is 4.73. The van der Waals surface area contributed by atoms with E-state index < -0.39 is 0 Å². The Morgan fingerprint density at radius 1 is 1.24 bits per heavy atom. The van der Waals surface area contributed by atoms with Gasteiger partial charge in [-0.25, -0.2) is 4.98 Å². The molecule has 2 aromatic rings. The molecule has 4 nitrogen and oxygen atoms in total. The molecule has 0 radical (unpaired) electrons. The van der Waals surface area contributed by atoms with E-state index in [0.717, 1.165) is 31.5 Å². The molecule has 0 bridgehead atoms. The second-order valence-electron chi connectivity index (χ2n) is 6.01. The van der Waals surface area contributed by atoms with Gasteiger partial charge in [0.15, 0.2) is 0 Å². The minimum absolute atomic E-state index is 0.0144. The van der Waals surface area contributed by atoms with Crippen molar-refractivity contribution < 1.29 is 4.79 Å². The zero-order valence-corrected chi connectivity index (χ0v) is 12.0. The SMILES string of the molecule is O=C(NC1CCc2ccccc2-n2ccnc21)C1CCC1. The van der Waals surface area contributed by atoms with Gasteiger partial charge in [0.2, 0.25) is 5.91 Å². The Bertz CT molecular complexity index is 672. The largest absolute Gasteiger partial charge is 0.346 e. The highest BCUT2D eigenvalue weighted by Gasteiger charge is 2.30. The van der Waals surface area contributed by atoms with E-state index in [0.29, 0.717) is 0 Å². The van der Waals surface area contributed by atoms with E-state index in [9.17, 15) is 4.79 Å². The van der Waals surface area contributed by atoms with Crippen LogP contribution in [0.15, 0.2) is 36.7 Å². The number of hydrogen-bond acceptors (Lipinski definition) is 2. The van der Waals surface area contributed by atoms with Crippen LogP contribution in [0.2, 0.25) is 0 Å². The molecule has 1 fully saturated rings. The van der Waals surface area contributed by atoms with Crippen LogP contribution in [0.1, 0.15) is 43.1 Å². The normalized spacial score (nSPS) is 20.9. The number of para-hydroxylation sites is 1. The molecule has 1 N–H and O–H groups in total. The van der Waals surface area contributed by atoms with Crippen LogP contribution >= 0.6 is 0 Å². The maximum Gasteiger partial charge on any atom is 0.223 e. The fraction of sp³-hybridized carbons (Fsp3) is 0.412. The van der Waals surface area contributed by atoms with E-state index >= 15 is 0 Å². The van der Waals surface area contributed by atoms with Crippen molar-refractivity contribution in [3.63, 3.8) is 0 Å².